The molecule has 22 heavy (non-hydrogen) atoms. The SMILES string of the molecule is C[C@@H](SCc1ccccc1)C(=O)N1CCCC(C)(C)[C@@H]1C#N. The van der Waals surface area contributed by atoms with E-state index in [0.29, 0.717) is 6.54 Å². The maximum absolute atomic E-state index is 12.7. The summed E-state index contributed by atoms with van der Waals surface area (Å²) < 4.78 is 0. The third-order valence-corrected chi connectivity index (χ3v) is 5.57. The molecule has 2 atom stereocenters. The second kappa shape index (κ2) is 7.19. The van der Waals surface area contributed by atoms with E-state index in [0.717, 1.165) is 18.6 Å². The quantitative estimate of drug-likeness (QED) is 0.847. The van der Waals surface area contributed by atoms with Gasteiger partial charge in [0.1, 0.15) is 6.04 Å². The van der Waals surface area contributed by atoms with Crippen molar-refractivity contribution in [2.24, 2.45) is 5.41 Å². The number of nitriles is 1. The number of hydrogen-bond donors (Lipinski definition) is 0. The second-order valence-corrected chi connectivity index (χ2v) is 7.92. The van der Waals surface area contributed by atoms with Crippen LogP contribution in [0.3, 0.4) is 0 Å². The van der Waals surface area contributed by atoms with Gasteiger partial charge in [0.15, 0.2) is 0 Å². The van der Waals surface area contributed by atoms with Crippen LogP contribution in [-0.4, -0.2) is 28.6 Å². The molecule has 1 amide bonds. The minimum Gasteiger partial charge on any atom is -0.325 e. The highest BCUT2D eigenvalue weighted by Crippen LogP contribution is 2.35. The lowest BCUT2D eigenvalue weighted by atomic mass is 9.77. The predicted molar refractivity (Wildman–Crippen MR) is 91.3 cm³/mol. The van der Waals surface area contributed by atoms with Crippen LogP contribution >= 0.6 is 11.8 Å². The van der Waals surface area contributed by atoms with Gasteiger partial charge >= 0.3 is 0 Å². The topological polar surface area (TPSA) is 44.1 Å². The van der Waals surface area contributed by atoms with E-state index in [9.17, 15) is 10.1 Å². The average Bonchev–Trinajstić information content (AvgIpc) is 2.51. The Balaban J connectivity index is 1.99. The monoisotopic (exact) mass is 316 g/mol. The van der Waals surface area contributed by atoms with E-state index in [-0.39, 0.29) is 22.6 Å². The largest absolute Gasteiger partial charge is 0.325 e. The van der Waals surface area contributed by atoms with Crippen LogP contribution in [0.4, 0.5) is 0 Å². The Labute approximate surface area is 137 Å². The maximum Gasteiger partial charge on any atom is 0.236 e. The van der Waals surface area contributed by atoms with E-state index in [2.05, 4.69) is 32.0 Å². The van der Waals surface area contributed by atoms with Gasteiger partial charge in [0.25, 0.3) is 0 Å². The predicted octanol–water partition coefficient (Wildman–Crippen LogP) is 3.85. The first-order valence-corrected chi connectivity index (χ1v) is 8.86. The molecule has 0 spiro atoms. The number of carbonyl (C=O) groups excluding carboxylic acids is 1. The molecule has 0 bridgehead atoms. The van der Waals surface area contributed by atoms with E-state index in [1.807, 2.05) is 25.1 Å². The minimum atomic E-state index is -0.312. The zero-order valence-electron chi connectivity index (χ0n) is 13.6. The molecule has 0 aromatic heterocycles. The van der Waals surface area contributed by atoms with Crippen LogP contribution in [0.5, 0.6) is 0 Å². The van der Waals surface area contributed by atoms with Gasteiger partial charge in [0.05, 0.1) is 11.3 Å². The fourth-order valence-electron chi connectivity index (χ4n) is 2.97. The molecule has 1 fully saturated rings. The zero-order chi connectivity index (χ0) is 16.2. The van der Waals surface area contributed by atoms with Gasteiger partial charge in [-0.1, -0.05) is 44.2 Å². The molecule has 0 N–H and O–H groups in total. The molecule has 1 aliphatic heterocycles. The second-order valence-electron chi connectivity index (χ2n) is 6.59. The lowest BCUT2D eigenvalue weighted by molar-refractivity contribution is -0.135. The summed E-state index contributed by atoms with van der Waals surface area (Å²) in [6, 6.07) is 12.2. The molecule has 0 unspecified atom stereocenters. The van der Waals surface area contributed by atoms with Gasteiger partial charge < -0.3 is 4.90 Å². The first kappa shape index (κ1) is 16.9. The summed E-state index contributed by atoms with van der Waals surface area (Å²) in [4.78, 5) is 14.5. The molecule has 1 aromatic carbocycles. The zero-order valence-corrected chi connectivity index (χ0v) is 14.4. The Morgan fingerprint density at radius 1 is 1.45 bits per heavy atom. The molecule has 3 nitrogen and oxygen atoms in total. The molecule has 0 saturated carbocycles. The van der Waals surface area contributed by atoms with Gasteiger partial charge in [0, 0.05) is 12.3 Å². The Kier molecular flexibility index (Phi) is 5.52. The molecule has 1 aromatic rings. The van der Waals surface area contributed by atoms with Gasteiger partial charge in [-0.15, -0.1) is 11.8 Å². The molecule has 0 radical (unpaired) electrons. The van der Waals surface area contributed by atoms with Crippen LogP contribution in [0.25, 0.3) is 0 Å². The van der Waals surface area contributed by atoms with Crippen LogP contribution < -0.4 is 0 Å². The summed E-state index contributed by atoms with van der Waals surface area (Å²) >= 11 is 1.64. The standard InChI is InChI=1S/C18H24N2OS/c1-14(22-13-15-8-5-4-6-9-15)17(21)20-11-7-10-18(2,3)16(20)12-19/h4-6,8-9,14,16H,7,10-11,13H2,1-3H3/t14-,16+/m1/s1. The fraction of sp³-hybridized carbons (Fsp3) is 0.556. The number of rotatable bonds is 4. The average molecular weight is 316 g/mol. The third-order valence-electron chi connectivity index (χ3n) is 4.37. The van der Waals surface area contributed by atoms with E-state index in [4.69, 9.17) is 0 Å². The molecule has 1 saturated heterocycles. The van der Waals surface area contributed by atoms with Crippen molar-refractivity contribution in [3.63, 3.8) is 0 Å². The van der Waals surface area contributed by atoms with Crippen molar-refractivity contribution in [1.82, 2.24) is 4.90 Å². The van der Waals surface area contributed by atoms with E-state index < -0.39 is 0 Å². The van der Waals surface area contributed by atoms with Crippen molar-refractivity contribution in [3.8, 4) is 6.07 Å². The van der Waals surface area contributed by atoms with Gasteiger partial charge in [-0.2, -0.15) is 5.26 Å². The van der Waals surface area contributed by atoms with Crippen LogP contribution in [0.1, 0.15) is 39.2 Å². The van der Waals surface area contributed by atoms with Crippen molar-refractivity contribution < 1.29 is 4.79 Å². The number of hydrogen-bond acceptors (Lipinski definition) is 3. The first-order valence-electron chi connectivity index (χ1n) is 7.81. The highest BCUT2D eigenvalue weighted by Gasteiger charge is 2.41. The minimum absolute atomic E-state index is 0.0975. The highest BCUT2D eigenvalue weighted by molar-refractivity contribution is 7.99. The number of amides is 1. The summed E-state index contributed by atoms with van der Waals surface area (Å²) in [5.74, 6) is 0.919. The van der Waals surface area contributed by atoms with Crippen LogP contribution in [0, 0.1) is 16.7 Å². The summed E-state index contributed by atoms with van der Waals surface area (Å²) in [6.45, 7) is 6.83. The summed E-state index contributed by atoms with van der Waals surface area (Å²) in [7, 11) is 0. The van der Waals surface area contributed by atoms with Gasteiger partial charge in [-0.3, -0.25) is 4.79 Å². The molecular formula is C18H24N2OS. The highest BCUT2D eigenvalue weighted by atomic mass is 32.2. The Hall–Kier alpha value is -1.47. The van der Waals surface area contributed by atoms with E-state index >= 15 is 0 Å². The molecular weight excluding hydrogens is 292 g/mol. The summed E-state index contributed by atoms with van der Waals surface area (Å²) in [5, 5.41) is 9.36. The maximum atomic E-state index is 12.7. The van der Waals surface area contributed by atoms with Crippen molar-refractivity contribution in [2.45, 2.75) is 50.7 Å². The number of carbonyl (C=O) groups is 1. The van der Waals surface area contributed by atoms with Crippen LogP contribution in [0.15, 0.2) is 30.3 Å². The fourth-order valence-corrected chi connectivity index (χ4v) is 3.89. The summed E-state index contributed by atoms with van der Waals surface area (Å²) in [6.07, 6.45) is 1.98. The van der Waals surface area contributed by atoms with E-state index in [1.165, 1.54) is 5.56 Å². The van der Waals surface area contributed by atoms with Crippen LogP contribution in [-0.2, 0) is 10.5 Å². The third kappa shape index (κ3) is 3.84. The lowest BCUT2D eigenvalue weighted by Gasteiger charge is -2.43. The van der Waals surface area contributed by atoms with Gasteiger partial charge in [0.2, 0.25) is 5.91 Å². The molecule has 118 valence electrons. The first-order chi connectivity index (χ1) is 10.5. The number of likely N-dealkylation sites (tertiary alicyclic amines) is 1. The van der Waals surface area contributed by atoms with Gasteiger partial charge in [-0.25, -0.2) is 0 Å². The molecule has 2 rings (SSSR count). The Morgan fingerprint density at radius 2 is 2.14 bits per heavy atom. The number of nitrogens with zero attached hydrogens (tertiary/aromatic N) is 2. The normalized spacial score (nSPS) is 21.9. The molecule has 4 heteroatoms. The Morgan fingerprint density at radius 3 is 2.77 bits per heavy atom. The lowest BCUT2D eigenvalue weighted by Crippen LogP contribution is -2.53. The van der Waals surface area contributed by atoms with Gasteiger partial charge in [-0.05, 0) is 30.7 Å². The van der Waals surface area contributed by atoms with E-state index in [1.54, 1.807) is 16.7 Å². The Bertz CT molecular complexity index is 550. The number of thioether (sulfide) groups is 1. The smallest absolute Gasteiger partial charge is 0.236 e. The molecule has 1 heterocycles. The molecule has 0 aliphatic carbocycles. The van der Waals surface area contributed by atoms with Crippen molar-refractivity contribution >= 4 is 17.7 Å². The molecule has 1 aliphatic rings. The van der Waals surface area contributed by atoms with Crippen LogP contribution in [0.2, 0.25) is 0 Å². The number of piperidine rings is 1. The van der Waals surface area contributed by atoms with Crippen molar-refractivity contribution in [3.05, 3.63) is 35.9 Å². The number of benzene rings is 1. The van der Waals surface area contributed by atoms with Crippen molar-refractivity contribution in [1.29, 1.82) is 5.26 Å². The summed E-state index contributed by atoms with van der Waals surface area (Å²) in [5.41, 5.74) is 1.11. The van der Waals surface area contributed by atoms with Crippen molar-refractivity contribution in [2.75, 3.05) is 6.54 Å².